The molecule has 2 aliphatic heterocycles. The smallest absolute Gasteiger partial charge is 0.303 e. The van der Waals surface area contributed by atoms with E-state index in [9.17, 15) is 4.79 Å². The molecule has 5 heteroatoms. The zero-order valence-corrected chi connectivity index (χ0v) is 14.3. The van der Waals surface area contributed by atoms with Crippen LogP contribution in [0, 0.1) is 17.8 Å². The third-order valence-corrected chi connectivity index (χ3v) is 5.78. The number of ether oxygens (including phenoxy) is 4. The van der Waals surface area contributed by atoms with Crippen molar-refractivity contribution in [3.05, 3.63) is 11.6 Å². The molecule has 7 atom stereocenters. The molecule has 0 aromatic rings. The Kier molecular flexibility index (Phi) is 3.59. The van der Waals surface area contributed by atoms with E-state index in [1.54, 1.807) is 0 Å². The maximum absolute atomic E-state index is 11.3. The van der Waals surface area contributed by atoms with Crippen LogP contribution in [0.1, 0.15) is 47.0 Å². The summed E-state index contributed by atoms with van der Waals surface area (Å²) < 4.78 is 23.7. The summed E-state index contributed by atoms with van der Waals surface area (Å²) in [5.41, 5.74) is 1.31. The highest BCUT2D eigenvalue weighted by Gasteiger charge is 2.59. The van der Waals surface area contributed by atoms with Crippen LogP contribution in [0.3, 0.4) is 0 Å². The summed E-state index contributed by atoms with van der Waals surface area (Å²) in [4.78, 5) is 11.3. The van der Waals surface area contributed by atoms with Crippen molar-refractivity contribution in [2.75, 3.05) is 0 Å². The Labute approximate surface area is 137 Å². The first-order valence-electron chi connectivity index (χ1n) is 8.71. The van der Waals surface area contributed by atoms with Gasteiger partial charge in [-0.05, 0) is 57.9 Å². The predicted molar refractivity (Wildman–Crippen MR) is 82.3 cm³/mol. The second kappa shape index (κ2) is 5.30. The number of allylic oxidation sites excluding steroid dienone is 1. The summed E-state index contributed by atoms with van der Waals surface area (Å²) in [5.74, 6) is 0.535. The highest BCUT2D eigenvalue weighted by atomic mass is 16.8. The van der Waals surface area contributed by atoms with Crippen LogP contribution in [0.4, 0.5) is 0 Å². The van der Waals surface area contributed by atoms with Crippen molar-refractivity contribution >= 4 is 5.97 Å². The molecular weight excluding hydrogens is 296 g/mol. The van der Waals surface area contributed by atoms with E-state index in [1.165, 1.54) is 12.5 Å². The summed E-state index contributed by atoms with van der Waals surface area (Å²) >= 11 is 0. The third kappa shape index (κ3) is 2.63. The summed E-state index contributed by atoms with van der Waals surface area (Å²) in [7, 11) is 0. The van der Waals surface area contributed by atoms with E-state index in [1.807, 2.05) is 13.8 Å². The first kappa shape index (κ1) is 15.6. The number of esters is 1. The van der Waals surface area contributed by atoms with Gasteiger partial charge in [0.05, 0.1) is 6.10 Å². The molecule has 4 rings (SSSR count). The lowest BCUT2D eigenvalue weighted by Gasteiger charge is -2.45. The molecule has 1 saturated carbocycles. The molecule has 3 fully saturated rings. The number of carbonyl (C=O) groups is 1. The molecular formula is C18H26O5. The van der Waals surface area contributed by atoms with Gasteiger partial charge in [0.1, 0.15) is 12.2 Å². The Morgan fingerprint density at radius 3 is 2.83 bits per heavy atom. The molecule has 2 saturated heterocycles. The second-order valence-electron chi connectivity index (χ2n) is 7.88. The molecule has 0 aromatic heterocycles. The Morgan fingerprint density at radius 2 is 2.09 bits per heavy atom. The summed E-state index contributed by atoms with van der Waals surface area (Å²) in [6.07, 6.45) is 5.08. The highest BCUT2D eigenvalue weighted by Crippen LogP contribution is 2.54. The molecule has 0 aromatic carbocycles. The van der Waals surface area contributed by atoms with Crippen LogP contribution in [0.15, 0.2) is 11.6 Å². The Morgan fingerprint density at radius 1 is 1.30 bits per heavy atom. The molecule has 0 spiro atoms. The molecule has 4 aliphatic rings. The van der Waals surface area contributed by atoms with Crippen LogP contribution in [-0.4, -0.2) is 36.4 Å². The van der Waals surface area contributed by atoms with Crippen molar-refractivity contribution in [2.45, 2.75) is 77.3 Å². The van der Waals surface area contributed by atoms with E-state index in [0.29, 0.717) is 17.8 Å². The summed E-state index contributed by atoms with van der Waals surface area (Å²) in [6.45, 7) is 7.53. The van der Waals surface area contributed by atoms with Gasteiger partial charge in [-0.25, -0.2) is 0 Å². The molecule has 0 bridgehead atoms. The Hall–Kier alpha value is -0.910. The fourth-order valence-corrected chi connectivity index (χ4v) is 5.17. The Balaban J connectivity index is 1.59. The topological polar surface area (TPSA) is 54.0 Å². The fourth-order valence-electron chi connectivity index (χ4n) is 5.17. The standard InChI is InChI=1S/C18H26O5/c1-9-7-12(20-10(2)19)8-11-5-6-13-15(14(9)11)16-17(21-13)23-18(3,4)22-16/h7,11-17H,5-6,8H2,1-4H3/t11-,12-,13-,14+,15+,16-,17-/m1/s1. The predicted octanol–water partition coefficient (Wildman–Crippen LogP) is 2.79. The molecule has 128 valence electrons. The van der Waals surface area contributed by atoms with Crippen LogP contribution in [-0.2, 0) is 23.7 Å². The first-order valence-corrected chi connectivity index (χ1v) is 8.71. The zero-order valence-electron chi connectivity index (χ0n) is 14.3. The largest absolute Gasteiger partial charge is 0.458 e. The van der Waals surface area contributed by atoms with Crippen LogP contribution < -0.4 is 0 Å². The van der Waals surface area contributed by atoms with Crippen LogP contribution >= 0.6 is 0 Å². The number of fused-ring (bicyclic) bond motifs is 5. The van der Waals surface area contributed by atoms with E-state index in [0.717, 1.165) is 19.3 Å². The van der Waals surface area contributed by atoms with E-state index in [-0.39, 0.29) is 30.6 Å². The van der Waals surface area contributed by atoms with Crippen LogP contribution in [0.5, 0.6) is 0 Å². The van der Waals surface area contributed by atoms with Gasteiger partial charge in [0.15, 0.2) is 12.1 Å². The third-order valence-electron chi connectivity index (χ3n) is 5.78. The molecule has 0 amide bonds. The quantitative estimate of drug-likeness (QED) is 0.549. The van der Waals surface area contributed by atoms with Crippen molar-refractivity contribution in [3.63, 3.8) is 0 Å². The van der Waals surface area contributed by atoms with Gasteiger partial charge in [-0.3, -0.25) is 4.79 Å². The van der Waals surface area contributed by atoms with Crippen molar-refractivity contribution < 1.29 is 23.7 Å². The van der Waals surface area contributed by atoms with E-state index >= 15 is 0 Å². The minimum Gasteiger partial charge on any atom is -0.458 e. The number of hydrogen-bond donors (Lipinski definition) is 0. The lowest BCUT2D eigenvalue weighted by atomic mass is 9.62. The fraction of sp³-hybridized carbons (Fsp3) is 0.833. The van der Waals surface area contributed by atoms with Crippen molar-refractivity contribution in [3.8, 4) is 0 Å². The van der Waals surface area contributed by atoms with Gasteiger partial charge in [-0.15, -0.1) is 0 Å². The van der Waals surface area contributed by atoms with Gasteiger partial charge in [-0.2, -0.15) is 0 Å². The Bertz CT molecular complexity index is 540. The average molecular weight is 322 g/mol. The van der Waals surface area contributed by atoms with E-state index in [4.69, 9.17) is 18.9 Å². The minimum absolute atomic E-state index is 0.0106. The van der Waals surface area contributed by atoms with E-state index < -0.39 is 5.79 Å². The molecule has 5 nitrogen and oxygen atoms in total. The molecule has 0 N–H and O–H groups in total. The molecule has 0 unspecified atom stereocenters. The molecule has 2 heterocycles. The SMILES string of the molecule is CC(=O)O[C@@H]1C=C(C)[C@H]2[C@H](CC[C@H]3O[C@@H]4OC(C)(C)O[C@@H]4[C@H]23)C1. The van der Waals surface area contributed by atoms with Crippen LogP contribution in [0.2, 0.25) is 0 Å². The van der Waals surface area contributed by atoms with Gasteiger partial charge in [0, 0.05) is 12.8 Å². The normalized spacial score (nSPS) is 47.3. The van der Waals surface area contributed by atoms with Crippen molar-refractivity contribution in [2.24, 2.45) is 17.8 Å². The molecule has 0 radical (unpaired) electrons. The van der Waals surface area contributed by atoms with Crippen molar-refractivity contribution in [1.82, 2.24) is 0 Å². The lowest BCUT2D eigenvalue weighted by molar-refractivity contribution is -0.217. The summed E-state index contributed by atoms with van der Waals surface area (Å²) in [5, 5.41) is 0. The maximum Gasteiger partial charge on any atom is 0.303 e. The monoisotopic (exact) mass is 322 g/mol. The average Bonchev–Trinajstić information content (AvgIpc) is 2.89. The first-order chi connectivity index (χ1) is 10.8. The van der Waals surface area contributed by atoms with Crippen LogP contribution in [0.25, 0.3) is 0 Å². The highest BCUT2D eigenvalue weighted by molar-refractivity contribution is 5.66. The van der Waals surface area contributed by atoms with Gasteiger partial charge >= 0.3 is 5.97 Å². The van der Waals surface area contributed by atoms with Gasteiger partial charge in [0.2, 0.25) is 0 Å². The summed E-state index contributed by atoms with van der Waals surface area (Å²) in [6, 6.07) is 0. The second-order valence-corrected chi connectivity index (χ2v) is 7.88. The zero-order chi connectivity index (χ0) is 16.4. The minimum atomic E-state index is -0.570. The lowest BCUT2D eigenvalue weighted by Crippen LogP contribution is -2.45. The number of carbonyl (C=O) groups excluding carboxylic acids is 1. The van der Waals surface area contributed by atoms with E-state index in [2.05, 4.69) is 13.0 Å². The number of hydrogen-bond acceptors (Lipinski definition) is 5. The maximum atomic E-state index is 11.3. The molecule has 23 heavy (non-hydrogen) atoms. The van der Waals surface area contributed by atoms with Crippen molar-refractivity contribution in [1.29, 1.82) is 0 Å². The van der Waals surface area contributed by atoms with Gasteiger partial charge in [-0.1, -0.05) is 5.57 Å². The van der Waals surface area contributed by atoms with Gasteiger partial charge < -0.3 is 18.9 Å². The van der Waals surface area contributed by atoms with Gasteiger partial charge in [0.25, 0.3) is 0 Å². The number of rotatable bonds is 1. The molecule has 2 aliphatic carbocycles.